The Labute approximate surface area is 108 Å². The van der Waals surface area contributed by atoms with E-state index in [2.05, 4.69) is 10.1 Å². The Morgan fingerprint density at radius 3 is 3.00 bits per heavy atom. The van der Waals surface area contributed by atoms with E-state index in [1.807, 2.05) is 0 Å². The summed E-state index contributed by atoms with van der Waals surface area (Å²) in [5.41, 5.74) is 2.16. The molecule has 0 atom stereocenters. The number of fused-ring (bicyclic) bond motifs is 1. The first-order valence-corrected chi connectivity index (χ1v) is 6.15. The summed E-state index contributed by atoms with van der Waals surface area (Å²) < 4.78 is 6.45. The highest BCUT2D eigenvalue weighted by Crippen LogP contribution is 2.44. The van der Waals surface area contributed by atoms with Crippen LogP contribution in [0, 0.1) is 0 Å². The molecular weight excluding hydrogens is 254 g/mol. The van der Waals surface area contributed by atoms with Crippen LogP contribution >= 0.6 is 11.6 Å². The summed E-state index contributed by atoms with van der Waals surface area (Å²) in [6.45, 7) is 0.383. The maximum Gasteiger partial charge on any atom is 0.274 e. The van der Waals surface area contributed by atoms with Crippen molar-refractivity contribution in [3.63, 3.8) is 0 Å². The minimum atomic E-state index is -0.235. The molecule has 2 aromatic heterocycles. The van der Waals surface area contributed by atoms with Crippen LogP contribution in [-0.2, 0) is 11.3 Å². The predicted molar refractivity (Wildman–Crippen MR) is 67.0 cm³/mol. The molecule has 1 saturated carbocycles. The Kier molecular flexibility index (Phi) is 2.80. The fraction of sp³-hybridized carbons (Fsp3) is 0.417. The second kappa shape index (κ2) is 4.33. The third-order valence-corrected chi connectivity index (χ3v) is 3.38. The van der Waals surface area contributed by atoms with Crippen molar-refractivity contribution in [2.75, 3.05) is 7.11 Å². The third-order valence-electron chi connectivity index (χ3n) is 3.10. The van der Waals surface area contributed by atoms with Crippen LogP contribution in [0.5, 0.6) is 0 Å². The average Bonchev–Trinajstić information content (AvgIpc) is 3.15. The number of methoxy groups -OCH3 is 1. The molecule has 94 valence electrons. The van der Waals surface area contributed by atoms with Gasteiger partial charge in [-0.05, 0) is 18.8 Å². The van der Waals surface area contributed by atoms with E-state index >= 15 is 0 Å². The predicted octanol–water partition coefficient (Wildman–Crippen LogP) is 1.77. The lowest BCUT2D eigenvalue weighted by atomic mass is 10.1. The molecule has 6 heteroatoms. The highest BCUT2D eigenvalue weighted by molar-refractivity contribution is 6.30. The molecule has 0 aliphatic heterocycles. The molecule has 0 N–H and O–H groups in total. The second-order valence-electron chi connectivity index (χ2n) is 4.41. The third kappa shape index (κ3) is 1.79. The maximum absolute atomic E-state index is 11.7. The van der Waals surface area contributed by atoms with Crippen molar-refractivity contribution >= 4 is 17.2 Å². The Bertz CT molecular complexity index is 664. The zero-order valence-corrected chi connectivity index (χ0v) is 10.6. The summed E-state index contributed by atoms with van der Waals surface area (Å²) in [6, 6.07) is 1.36. The molecule has 0 saturated heterocycles. The van der Waals surface area contributed by atoms with Crippen LogP contribution in [0.25, 0.3) is 5.65 Å². The average molecular weight is 266 g/mol. The fourth-order valence-corrected chi connectivity index (χ4v) is 2.51. The van der Waals surface area contributed by atoms with Gasteiger partial charge in [-0.2, -0.15) is 9.61 Å². The summed E-state index contributed by atoms with van der Waals surface area (Å²) in [6.07, 6.45) is 3.69. The largest absolute Gasteiger partial charge is 0.380 e. The first kappa shape index (κ1) is 11.6. The van der Waals surface area contributed by atoms with Gasteiger partial charge in [-0.3, -0.25) is 4.79 Å². The van der Waals surface area contributed by atoms with Gasteiger partial charge < -0.3 is 4.74 Å². The van der Waals surface area contributed by atoms with Gasteiger partial charge in [-0.1, -0.05) is 11.6 Å². The molecule has 0 unspecified atom stereocenters. The molecular formula is C12H12ClN3O2. The summed E-state index contributed by atoms with van der Waals surface area (Å²) in [5, 5.41) is 4.51. The van der Waals surface area contributed by atoms with Gasteiger partial charge in [0, 0.05) is 30.5 Å². The smallest absolute Gasteiger partial charge is 0.274 e. The Morgan fingerprint density at radius 1 is 1.56 bits per heavy atom. The molecule has 2 aromatic rings. The zero-order valence-electron chi connectivity index (χ0n) is 9.89. The zero-order chi connectivity index (χ0) is 12.7. The van der Waals surface area contributed by atoms with E-state index in [0.717, 1.165) is 24.0 Å². The molecule has 1 aliphatic rings. The quantitative estimate of drug-likeness (QED) is 0.849. The van der Waals surface area contributed by atoms with Crippen LogP contribution in [0.1, 0.15) is 29.9 Å². The number of halogens is 1. The Balaban J connectivity index is 2.37. The number of nitrogens with zero attached hydrogens (tertiary/aromatic N) is 3. The van der Waals surface area contributed by atoms with Crippen LogP contribution < -0.4 is 5.56 Å². The SMILES string of the molecule is COCc1c(C2CC2)c(Cl)nn2c(=O)ccnc12. The lowest BCUT2D eigenvalue weighted by Gasteiger charge is -2.12. The van der Waals surface area contributed by atoms with Crippen LogP contribution in [0.3, 0.4) is 0 Å². The molecule has 3 rings (SSSR count). The minimum Gasteiger partial charge on any atom is -0.380 e. The van der Waals surface area contributed by atoms with Gasteiger partial charge >= 0.3 is 0 Å². The van der Waals surface area contributed by atoms with Crippen molar-refractivity contribution in [3.8, 4) is 0 Å². The highest BCUT2D eigenvalue weighted by atomic mass is 35.5. The molecule has 1 aliphatic carbocycles. The molecule has 0 spiro atoms. The van der Waals surface area contributed by atoms with Gasteiger partial charge in [0.2, 0.25) is 0 Å². The summed E-state index contributed by atoms with van der Waals surface area (Å²) in [4.78, 5) is 16.0. The lowest BCUT2D eigenvalue weighted by Crippen LogP contribution is -2.19. The lowest BCUT2D eigenvalue weighted by molar-refractivity contribution is 0.184. The number of aromatic nitrogens is 3. The van der Waals surface area contributed by atoms with E-state index in [-0.39, 0.29) is 5.56 Å². The van der Waals surface area contributed by atoms with Crippen molar-refractivity contribution in [2.45, 2.75) is 25.4 Å². The molecule has 0 amide bonds. The molecule has 0 bridgehead atoms. The molecule has 0 radical (unpaired) electrons. The molecule has 2 heterocycles. The molecule has 18 heavy (non-hydrogen) atoms. The summed E-state index contributed by atoms with van der Waals surface area (Å²) in [7, 11) is 1.61. The van der Waals surface area contributed by atoms with E-state index in [0.29, 0.717) is 23.3 Å². The van der Waals surface area contributed by atoms with Gasteiger partial charge in [0.1, 0.15) is 0 Å². The van der Waals surface area contributed by atoms with Gasteiger partial charge in [0.25, 0.3) is 5.56 Å². The molecule has 0 aromatic carbocycles. The molecule has 5 nitrogen and oxygen atoms in total. The van der Waals surface area contributed by atoms with E-state index < -0.39 is 0 Å². The first-order valence-electron chi connectivity index (χ1n) is 5.77. The number of ether oxygens (including phenoxy) is 1. The number of hydrogen-bond acceptors (Lipinski definition) is 4. The topological polar surface area (TPSA) is 56.5 Å². The van der Waals surface area contributed by atoms with E-state index in [1.165, 1.54) is 16.8 Å². The van der Waals surface area contributed by atoms with Crippen LogP contribution in [-0.4, -0.2) is 21.7 Å². The van der Waals surface area contributed by atoms with Gasteiger partial charge in [0.05, 0.1) is 6.61 Å². The van der Waals surface area contributed by atoms with Crippen molar-refractivity contribution in [1.29, 1.82) is 0 Å². The monoisotopic (exact) mass is 265 g/mol. The van der Waals surface area contributed by atoms with E-state index in [9.17, 15) is 4.79 Å². The van der Waals surface area contributed by atoms with Gasteiger partial charge in [-0.25, -0.2) is 4.98 Å². The van der Waals surface area contributed by atoms with Gasteiger partial charge in [0.15, 0.2) is 10.8 Å². The highest BCUT2D eigenvalue weighted by Gasteiger charge is 2.31. The Morgan fingerprint density at radius 2 is 2.33 bits per heavy atom. The van der Waals surface area contributed by atoms with E-state index in [4.69, 9.17) is 16.3 Å². The maximum atomic E-state index is 11.7. The number of rotatable bonds is 3. The van der Waals surface area contributed by atoms with Crippen molar-refractivity contribution in [1.82, 2.24) is 14.6 Å². The Hall–Kier alpha value is -1.46. The standard InChI is InChI=1S/C12H12ClN3O2/c1-18-6-8-10(7-2-3-7)11(13)15-16-9(17)4-5-14-12(8)16/h4-5,7H,2-3,6H2,1H3. The van der Waals surface area contributed by atoms with Gasteiger partial charge in [-0.15, -0.1) is 0 Å². The first-order chi connectivity index (χ1) is 8.72. The fourth-order valence-electron chi connectivity index (χ4n) is 2.16. The van der Waals surface area contributed by atoms with Crippen molar-refractivity contribution in [3.05, 3.63) is 38.9 Å². The normalized spacial score (nSPS) is 15.2. The summed E-state index contributed by atoms with van der Waals surface area (Å²) in [5.74, 6) is 0.428. The van der Waals surface area contributed by atoms with Crippen molar-refractivity contribution < 1.29 is 4.74 Å². The summed E-state index contributed by atoms with van der Waals surface area (Å²) >= 11 is 6.20. The van der Waals surface area contributed by atoms with Crippen LogP contribution in [0.4, 0.5) is 0 Å². The van der Waals surface area contributed by atoms with Crippen molar-refractivity contribution in [2.24, 2.45) is 0 Å². The van der Waals surface area contributed by atoms with E-state index in [1.54, 1.807) is 7.11 Å². The minimum absolute atomic E-state index is 0.235. The molecule has 1 fully saturated rings. The van der Waals surface area contributed by atoms with Crippen LogP contribution in [0.15, 0.2) is 17.1 Å². The van der Waals surface area contributed by atoms with Crippen LogP contribution in [0.2, 0.25) is 5.15 Å². The second-order valence-corrected chi connectivity index (χ2v) is 4.77. The number of hydrogen-bond donors (Lipinski definition) is 0.